The summed E-state index contributed by atoms with van der Waals surface area (Å²) in [5.41, 5.74) is 0. The molecule has 2 N–H and O–H groups in total. The van der Waals surface area contributed by atoms with Gasteiger partial charge in [0, 0.05) is 6.42 Å². The average molecular weight is 145 g/mol. The maximum atomic E-state index is 9.08. The molecule has 2 heteroatoms. The summed E-state index contributed by atoms with van der Waals surface area (Å²) in [4.78, 5) is 0. The van der Waals surface area contributed by atoms with Gasteiger partial charge in [0.15, 0.2) is 5.79 Å². The van der Waals surface area contributed by atoms with Crippen molar-refractivity contribution in [3.8, 4) is 0 Å². The quantitative estimate of drug-likeness (QED) is 0.454. The van der Waals surface area contributed by atoms with Gasteiger partial charge in [0.25, 0.3) is 0 Å². The molecule has 0 bridgehead atoms. The largest absolute Gasteiger partial charge is 0.366 e. The first kappa shape index (κ1) is 9.92. The van der Waals surface area contributed by atoms with E-state index in [-0.39, 0.29) is 0 Å². The van der Waals surface area contributed by atoms with Crippen LogP contribution in [0, 0.1) is 6.92 Å². The highest BCUT2D eigenvalue weighted by Crippen LogP contribution is 2.14. The Kier molecular flexibility index (Phi) is 4.65. The zero-order valence-corrected chi connectivity index (χ0v) is 6.64. The summed E-state index contributed by atoms with van der Waals surface area (Å²) < 4.78 is 0. The number of unbranched alkanes of at least 4 members (excludes halogenated alkanes) is 2. The second-order valence-corrected chi connectivity index (χ2v) is 2.65. The van der Waals surface area contributed by atoms with Crippen molar-refractivity contribution in [3.05, 3.63) is 6.92 Å². The summed E-state index contributed by atoms with van der Waals surface area (Å²) in [5, 5.41) is 18.2. The van der Waals surface area contributed by atoms with Gasteiger partial charge in [-0.05, 0) is 12.8 Å². The Bertz CT molecular complexity index is 79.3. The molecule has 0 aromatic carbocycles. The third kappa shape index (κ3) is 4.77. The van der Waals surface area contributed by atoms with Crippen LogP contribution in [0.3, 0.4) is 0 Å². The summed E-state index contributed by atoms with van der Waals surface area (Å²) in [7, 11) is 0. The normalized spacial score (nSPS) is 12.0. The lowest BCUT2D eigenvalue weighted by Crippen LogP contribution is -2.26. The van der Waals surface area contributed by atoms with E-state index in [4.69, 9.17) is 10.2 Å². The van der Waals surface area contributed by atoms with E-state index in [2.05, 4.69) is 6.92 Å². The van der Waals surface area contributed by atoms with Crippen molar-refractivity contribution in [2.24, 2.45) is 0 Å². The van der Waals surface area contributed by atoms with Gasteiger partial charge in [-0.1, -0.05) is 26.7 Å². The summed E-state index contributed by atoms with van der Waals surface area (Å²) >= 11 is 0. The molecule has 0 heterocycles. The van der Waals surface area contributed by atoms with Gasteiger partial charge in [-0.15, -0.1) is 0 Å². The molecule has 0 saturated carbocycles. The van der Waals surface area contributed by atoms with Crippen LogP contribution >= 0.6 is 0 Å². The highest BCUT2D eigenvalue weighted by Gasteiger charge is 2.18. The monoisotopic (exact) mass is 145 g/mol. The van der Waals surface area contributed by atoms with Gasteiger partial charge in [0.2, 0.25) is 0 Å². The maximum Gasteiger partial charge on any atom is 0.162 e. The van der Waals surface area contributed by atoms with Gasteiger partial charge >= 0.3 is 0 Å². The van der Waals surface area contributed by atoms with Gasteiger partial charge in [0.1, 0.15) is 0 Å². The third-order valence-corrected chi connectivity index (χ3v) is 1.64. The van der Waals surface area contributed by atoms with Crippen molar-refractivity contribution in [2.45, 2.75) is 44.8 Å². The molecule has 0 rings (SSSR count). The van der Waals surface area contributed by atoms with Crippen LogP contribution in [0.2, 0.25) is 0 Å². The molecular weight excluding hydrogens is 128 g/mol. The average Bonchev–Trinajstić information content (AvgIpc) is 1.89. The summed E-state index contributed by atoms with van der Waals surface area (Å²) in [6, 6.07) is 0. The minimum atomic E-state index is -1.44. The summed E-state index contributed by atoms with van der Waals surface area (Å²) in [6.45, 7) is 5.44. The van der Waals surface area contributed by atoms with Gasteiger partial charge in [-0.3, -0.25) is 0 Å². The Hall–Kier alpha value is -0.0800. The van der Waals surface area contributed by atoms with E-state index in [0.717, 1.165) is 19.3 Å². The number of aliphatic hydroxyl groups is 2. The smallest absolute Gasteiger partial charge is 0.162 e. The third-order valence-electron chi connectivity index (χ3n) is 1.64. The van der Waals surface area contributed by atoms with Crippen LogP contribution in [-0.4, -0.2) is 16.0 Å². The van der Waals surface area contributed by atoms with Crippen molar-refractivity contribution in [2.75, 3.05) is 0 Å². The van der Waals surface area contributed by atoms with E-state index in [9.17, 15) is 0 Å². The Morgan fingerprint density at radius 2 is 1.90 bits per heavy atom. The van der Waals surface area contributed by atoms with Crippen molar-refractivity contribution >= 4 is 0 Å². The molecule has 10 heavy (non-hydrogen) atoms. The molecule has 0 atom stereocenters. The first-order chi connectivity index (χ1) is 4.62. The molecule has 0 spiro atoms. The predicted octanol–water partition coefficient (Wildman–Crippen LogP) is 1.47. The standard InChI is InChI=1S/C8H17O2/c1-3-5-6-7-8(9,10)4-2/h9-10H,1,3-7H2,2H3. The predicted molar refractivity (Wildman–Crippen MR) is 41.3 cm³/mol. The lowest BCUT2D eigenvalue weighted by Gasteiger charge is -2.18. The van der Waals surface area contributed by atoms with Crippen LogP contribution in [0.4, 0.5) is 0 Å². The minimum absolute atomic E-state index is 0.407. The minimum Gasteiger partial charge on any atom is -0.366 e. The van der Waals surface area contributed by atoms with E-state index < -0.39 is 5.79 Å². The van der Waals surface area contributed by atoms with Crippen LogP contribution < -0.4 is 0 Å². The van der Waals surface area contributed by atoms with Crippen LogP contribution in [0.15, 0.2) is 0 Å². The fraction of sp³-hybridized carbons (Fsp3) is 0.875. The Balaban J connectivity index is 3.28. The van der Waals surface area contributed by atoms with E-state index in [1.807, 2.05) is 0 Å². The van der Waals surface area contributed by atoms with E-state index in [1.54, 1.807) is 6.92 Å². The molecule has 0 amide bonds. The molecule has 0 unspecified atom stereocenters. The molecule has 0 aliphatic rings. The number of hydrogen-bond donors (Lipinski definition) is 2. The number of rotatable bonds is 5. The fourth-order valence-corrected chi connectivity index (χ4v) is 0.762. The van der Waals surface area contributed by atoms with Crippen molar-refractivity contribution < 1.29 is 10.2 Å². The Morgan fingerprint density at radius 1 is 1.30 bits per heavy atom. The van der Waals surface area contributed by atoms with Crippen LogP contribution in [0.5, 0.6) is 0 Å². The van der Waals surface area contributed by atoms with Gasteiger partial charge in [-0.25, -0.2) is 0 Å². The molecule has 0 aromatic heterocycles. The molecule has 61 valence electrons. The van der Waals surface area contributed by atoms with Gasteiger partial charge in [-0.2, -0.15) is 0 Å². The first-order valence-electron chi connectivity index (χ1n) is 3.86. The lowest BCUT2D eigenvalue weighted by atomic mass is 10.1. The van der Waals surface area contributed by atoms with Gasteiger partial charge < -0.3 is 10.2 Å². The van der Waals surface area contributed by atoms with E-state index in [1.165, 1.54) is 0 Å². The second-order valence-electron chi connectivity index (χ2n) is 2.65. The topological polar surface area (TPSA) is 40.5 Å². The first-order valence-corrected chi connectivity index (χ1v) is 3.86. The molecule has 0 fully saturated rings. The number of hydrogen-bond acceptors (Lipinski definition) is 2. The zero-order valence-electron chi connectivity index (χ0n) is 6.64. The molecule has 0 aliphatic heterocycles. The molecule has 0 aliphatic carbocycles. The van der Waals surface area contributed by atoms with Crippen molar-refractivity contribution in [3.63, 3.8) is 0 Å². The SMILES string of the molecule is [CH2]CCCCC(O)(O)CC. The van der Waals surface area contributed by atoms with Crippen LogP contribution in [0.25, 0.3) is 0 Å². The molecule has 0 saturated heterocycles. The highest BCUT2D eigenvalue weighted by molar-refractivity contribution is 4.61. The van der Waals surface area contributed by atoms with Crippen molar-refractivity contribution in [1.82, 2.24) is 0 Å². The highest BCUT2D eigenvalue weighted by atomic mass is 16.5. The zero-order chi connectivity index (χ0) is 8.04. The lowest BCUT2D eigenvalue weighted by molar-refractivity contribution is -0.167. The molecule has 2 nitrogen and oxygen atoms in total. The summed E-state index contributed by atoms with van der Waals surface area (Å²) in [6.07, 6.45) is 3.58. The van der Waals surface area contributed by atoms with Crippen LogP contribution in [0.1, 0.15) is 39.0 Å². The Labute approximate surface area is 62.9 Å². The molecule has 0 aromatic rings. The Morgan fingerprint density at radius 3 is 2.30 bits per heavy atom. The van der Waals surface area contributed by atoms with E-state index in [0.29, 0.717) is 12.8 Å². The van der Waals surface area contributed by atoms with Crippen molar-refractivity contribution in [1.29, 1.82) is 0 Å². The molecule has 1 radical (unpaired) electrons. The fourth-order valence-electron chi connectivity index (χ4n) is 0.762. The van der Waals surface area contributed by atoms with E-state index >= 15 is 0 Å². The maximum absolute atomic E-state index is 9.08. The summed E-state index contributed by atoms with van der Waals surface area (Å²) in [5.74, 6) is -1.44. The molecular formula is C8H17O2. The van der Waals surface area contributed by atoms with Gasteiger partial charge in [0.05, 0.1) is 0 Å². The van der Waals surface area contributed by atoms with Crippen LogP contribution in [-0.2, 0) is 0 Å². The second kappa shape index (κ2) is 4.69.